The van der Waals surface area contributed by atoms with Crippen LogP contribution < -0.4 is 4.72 Å². The van der Waals surface area contributed by atoms with Crippen molar-refractivity contribution in [3.63, 3.8) is 0 Å². The van der Waals surface area contributed by atoms with Crippen LogP contribution in [0.3, 0.4) is 0 Å². The van der Waals surface area contributed by atoms with Gasteiger partial charge in [0, 0.05) is 39.1 Å². The van der Waals surface area contributed by atoms with Crippen molar-refractivity contribution in [3.05, 3.63) is 64.7 Å². The number of rotatable bonds is 6. The first-order valence-corrected chi connectivity index (χ1v) is 12.2. The van der Waals surface area contributed by atoms with E-state index >= 15 is 0 Å². The summed E-state index contributed by atoms with van der Waals surface area (Å²) in [6, 6.07) is 9.58. The minimum absolute atomic E-state index is 0.0744. The van der Waals surface area contributed by atoms with Gasteiger partial charge in [0.25, 0.3) is 5.91 Å². The molecule has 184 valence electrons. The maximum absolute atomic E-state index is 13.2. The molecule has 2 amide bonds. The van der Waals surface area contributed by atoms with E-state index < -0.39 is 33.2 Å². The van der Waals surface area contributed by atoms with Crippen LogP contribution in [0.5, 0.6) is 0 Å². The molecule has 2 aromatic carbocycles. The first-order chi connectivity index (χ1) is 15.9. The highest BCUT2D eigenvalue weighted by molar-refractivity contribution is 7.89. The average Bonchev–Trinajstić information content (AvgIpc) is 2.77. The van der Waals surface area contributed by atoms with Crippen molar-refractivity contribution in [1.29, 1.82) is 0 Å². The molecule has 34 heavy (non-hydrogen) atoms. The van der Waals surface area contributed by atoms with Crippen LogP contribution in [-0.2, 0) is 21.0 Å². The molecule has 0 radical (unpaired) electrons. The number of carbonyl (C=O) groups excluding carboxylic acids is 2. The SMILES string of the molecule is Cc1ccc(S(=O)(=O)NCCC(=O)N2CCN(C(=O)c3ccccc3C(F)(F)F)CC2)c(C)c1. The lowest BCUT2D eigenvalue weighted by molar-refractivity contribution is -0.138. The van der Waals surface area contributed by atoms with Crippen molar-refractivity contribution >= 4 is 21.8 Å². The van der Waals surface area contributed by atoms with E-state index in [0.29, 0.717) is 5.56 Å². The zero-order chi connectivity index (χ0) is 25.1. The molecule has 2 aromatic rings. The third kappa shape index (κ3) is 5.95. The number of carbonyl (C=O) groups is 2. The maximum atomic E-state index is 13.2. The smallest absolute Gasteiger partial charge is 0.339 e. The Bertz CT molecular complexity index is 1170. The lowest BCUT2D eigenvalue weighted by atomic mass is 10.1. The van der Waals surface area contributed by atoms with Gasteiger partial charge in [0.05, 0.1) is 16.0 Å². The minimum atomic E-state index is -4.64. The Labute approximate surface area is 196 Å². The van der Waals surface area contributed by atoms with Crippen LogP contribution in [0.1, 0.15) is 33.5 Å². The Morgan fingerprint density at radius 1 is 0.971 bits per heavy atom. The first-order valence-electron chi connectivity index (χ1n) is 10.7. The number of sulfonamides is 1. The summed E-state index contributed by atoms with van der Waals surface area (Å²) in [6.07, 6.45) is -4.72. The number of benzene rings is 2. The van der Waals surface area contributed by atoms with E-state index in [-0.39, 0.29) is 49.9 Å². The van der Waals surface area contributed by atoms with E-state index in [1.165, 1.54) is 28.0 Å². The largest absolute Gasteiger partial charge is 0.417 e. The number of nitrogens with zero attached hydrogens (tertiary/aromatic N) is 2. The Balaban J connectivity index is 1.53. The molecule has 0 aliphatic carbocycles. The molecule has 1 aliphatic rings. The number of amides is 2. The molecule has 7 nitrogen and oxygen atoms in total. The summed E-state index contributed by atoms with van der Waals surface area (Å²) >= 11 is 0. The van der Waals surface area contributed by atoms with Gasteiger partial charge in [-0.15, -0.1) is 0 Å². The van der Waals surface area contributed by atoms with Crippen molar-refractivity contribution in [2.45, 2.75) is 31.3 Å². The number of piperazine rings is 1. The molecule has 1 fully saturated rings. The van der Waals surface area contributed by atoms with Gasteiger partial charge in [0.1, 0.15) is 0 Å². The summed E-state index contributed by atoms with van der Waals surface area (Å²) in [5.41, 5.74) is 0.128. The van der Waals surface area contributed by atoms with Gasteiger partial charge < -0.3 is 9.80 Å². The van der Waals surface area contributed by atoms with Crippen molar-refractivity contribution in [1.82, 2.24) is 14.5 Å². The Morgan fingerprint density at radius 2 is 1.59 bits per heavy atom. The molecular weight excluding hydrogens is 471 g/mol. The standard InChI is InChI=1S/C23H26F3N3O4S/c1-16-7-8-20(17(2)15-16)34(32,33)27-10-9-21(30)28-11-13-29(14-12-28)22(31)18-5-3-4-6-19(18)23(24,25)26/h3-8,15,27H,9-14H2,1-2H3. The van der Waals surface area contributed by atoms with Crippen molar-refractivity contribution in [3.8, 4) is 0 Å². The molecule has 0 unspecified atom stereocenters. The normalized spacial score (nSPS) is 14.9. The van der Waals surface area contributed by atoms with E-state index in [1.54, 1.807) is 19.1 Å². The van der Waals surface area contributed by atoms with E-state index in [2.05, 4.69) is 4.72 Å². The van der Waals surface area contributed by atoms with Crippen LogP contribution in [0.2, 0.25) is 0 Å². The van der Waals surface area contributed by atoms with Crippen molar-refractivity contribution in [2.75, 3.05) is 32.7 Å². The summed E-state index contributed by atoms with van der Waals surface area (Å²) in [4.78, 5) is 28.1. The summed E-state index contributed by atoms with van der Waals surface area (Å²) in [6.45, 7) is 3.95. The van der Waals surface area contributed by atoms with Gasteiger partial charge >= 0.3 is 6.18 Å². The van der Waals surface area contributed by atoms with Gasteiger partial charge in [0.2, 0.25) is 15.9 Å². The second-order valence-corrected chi connectivity index (χ2v) is 9.87. The number of nitrogens with one attached hydrogen (secondary N) is 1. The highest BCUT2D eigenvalue weighted by Gasteiger charge is 2.36. The van der Waals surface area contributed by atoms with E-state index in [1.807, 2.05) is 6.92 Å². The highest BCUT2D eigenvalue weighted by atomic mass is 32.2. The van der Waals surface area contributed by atoms with Gasteiger partial charge in [0.15, 0.2) is 0 Å². The molecule has 1 heterocycles. The van der Waals surface area contributed by atoms with Gasteiger partial charge in [-0.2, -0.15) is 13.2 Å². The van der Waals surface area contributed by atoms with Crippen LogP contribution in [-0.4, -0.2) is 62.8 Å². The number of hydrogen-bond donors (Lipinski definition) is 1. The van der Waals surface area contributed by atoms with E-state index in [0.717, 1.165) is 17.7 Å². The zero-order valence-electron chi connectivity index (χ0n) is 18.9. The Morgan fingerprint density at radius 3 is 2.21 bits per heavy atom. The molecule has 1 N–H and O–H groups in total. The highest BCUT2D eigenvalue weighted by Crippen LogP contribution is 2.32. The second kappa shape index (κ2) is 10.1. The summed E-state index contributed by atoms with van der Waals surface area (Å²) in [5.74, 6) is -1.03. The molecule has 0 bridgehead atoms. The van der Waals surface area contributed by atoms with Crippen LogP contribution in [0.4, 0.5) is 13.2 Å². The number of aryl methyl sites for hydroxylation is 2. The molecule has 3 rings (SSSR count). The maximum Gasteiger partial charge on any atom is 0.417 e. The number of hydrogen-bond acceptors (Lipinski definition) is 4. The van der Waals surface area contributed by atoms with Crippen LogP contribution in [0, 0.1) is 13.8 Å². The fourth-order valence-electron chi connectivity index (χ4n) is 3.88. The molecule has 1 saturated heterocycles. The van der Waals surface area contributed by atoms with Crippen LogP contribution in [0.15, 0.2) is 47.4 Å². The second-order valence-electron chi connectivity index (χ2n) is 8.13. The summed E-state index contributed by atoms with van der Waals surface area (Å²) in [7, 11) is -3.77. The van der Waals surface area contributed by atoms with E-state index in [4.69, 9.17) is 0 Å². The van der Waals surface area contributed by atoms with Crippen LogP contribution >= 0.6 is 0 Å². The summed E-state index contributed by atoms with van der Waals surface area (Å²) in [5, 5.41) is 0. The quantitative estimate of drug-likeness (QED) is 0.665. The van der Waals surface area contributed by atoms with Gasteiger partial charge in [-0.1, -0.05) is 29.8 Å². The Kier molecular flexibility index (Phi) is 7.67. The monoisotopic (exact) mass is 497 g/mol. The third-order valence-corrected chi connectivity index (χ3v) is 7.25. The third-order valence-electron chi connectivity index (χ3n) is 5.63. The average molecular weight is 498 g/mol. The Hall–Kier alpha value is -2.92. The number of alkyl halides is 3. The van der Waals surface area contributed by atoms with Gasteiger partial charge in [-0.05, 0) is 37.6 Å². The predicted molar refractivity (Wildman–Crippen MR) is 120 cm³/mol. The molecule has 11 heteroatoms. The fourth-order valence-corrected chi connectivity index (χ4v) is 5.13. The number of halogens is 3. The summed E-state index contributed by atoms with van der Waals surface area (Å²) < 4.78 is 67.1. The zero-order valence-corrected chi connectivity index (χ0v) is 19.7. The topological polar surface area (TPSA) is 86.8 Å². The van der Waals surface area contributed by atoms with Crippen molar-refractivity contribution in [2.24, 2.45) is 0 Å². The molecule has 1 aliphatic heterocycles. The van der Waals surface area contributed by atoms with Crippen LogP contribution in [0.25, 0.3) is 0 Å². The molecular formula is C23H26F3N3O4S. The molecule has 0 aromatic heterocycles. The lowest BCUT2D eigenvalue weighted by Crippen LogP contribution is -2.51. The predicted octanol–water partition coefficient (Wildman–Crippen LogP) is 2.98. The van der Waals surface area contributed by atoms with E-state index in [9.17, 15) is 31.2 Å². The molecule has 0 spiro atoms. The fraction of sp³-hybridized carbons (Fsp3) is 0.391. The van der Waals surface area contributed by atoms with Gasteiger partial charge in [-0.25, -0.2) is 13.1 Å². The molecule has 0 saturated carbocycles. The lowest BCUT2D eigenvalue weighted by Gasteiger charge is -2.35. The van der Waals surface area contributed by atoms with Crippen molar-refractivity contribution < 1.29 is 31.2 Å². The minimum Gasteiger partial charge on any atom is -0.339 e. The molecule has 0 atom stereocenters. The first kappa shape index (κ1) is 25.7. The van der Waals surface area contributed by atoms with Gasteiger partial charge in [-0.3, -0.25) is 9.59 Å².